The van der Waals surface area contributed by atoms with Gasteiger partial charge in [-0.1, -0.05) is 19.8 Å². The minimum Gasteiger partial charge on any atom is -0.370 e. The molecule has 0 aliphatic heterocycles. The van der Waals surface area contributed by atoms with Crippen molar-refractivity contribution in [1.82, 2.24) is 9.88 Å². The van der Waals surface area contributed by atoms with Crippen molar-refractivity contribution in [2.75, 3.05) is 18.4 Å². The Hall–Kier alpha value is -1.58. The second-order valence-corrected chi connectivity index (χ2v) is 5.39. The number of hydrogen-bond donors (Lipinski definition) is 1. The van der Waals surface area contributed by atoms with Gasteiger partial charge in [-0.05, 0) is 38.3 Å². The lowest BCUT2D eigenvalue weighted by Gasteiger charge is -2.27. The molecule has 110 valence electrons. The molecule has 1 fully saturated rings. The quantitative estimate of drug-likeness (QED) is 0.866. The van der Waals surface area contributed by atoms with Gasteiger partial charge in [0.05, 0.1) is 5.56 Å². The number of pyridine rings is 1. The van der Waals surface area contributed by atoms with Gasteiger partial charge < -0.3 is 10.2 Å². The number of carbonyl (C=O) groups is 1. The normalized spacial score (nSPS) is 15.3. The molecule has 1 aliphatic rings. The Morgan fingerprint density at radius 2 is 2.10 bits per heavy atom. The lowest BCUT2D eigenvalue weighted by Crippen LogP contribution is -2.38. The largest absolute Gasteiger partial charge is 0.370 e. The van der Waals surface area contributed by atoms with Gasteiger partial charge in [0, 0.05) is 25.3 Å². The fraction of sp³-hybridized carbons (Fsp3) is 0.625. The Morgan fingerprint density at radius 3 is 2.65 bits per heavy atom. The van der Waals surface area contributed by atoms with Gasteiger partial charge in [-0.15, -0.1) is 0 Å². The van der Waals surface area contributed by atoms with E-state index in [0.717, 1.165) is 38.2 Å². The van der Waals surface area contributed by atoms with Crippen LogP contribution in [0.4, 0.5) is 5.82 Å². The van der Waals surface area contributed by atoms with Crippen molar-refractivity contribution in [2.45, 2.75) is 52.0 Å². The topological polar surface area (TPSA) is 45.2 Å². The van der Waals surface area contributed by atoms with Crippen molar-refractivity contribution in [2.24, 2.45) is 0 Å². The van der Waals surface area contributed by atoms with Crippen LogP contribution in [-0.4, -0.2) is 34.9 Å². The molecular weight excluding hydrogens is 250 g/mol. The molecule has 0 atom stereocenters. The summed E-state index contributed by atoms with van der Waals surface area (Å²) in [5, 5.41) is 3.22. The van der Waals surface area contributed by atoms with Crippen LogP contribution in [0.5, 0.6) is 0 Å². The van der Waals surface area contributed by atoms with Crippen LogP contribution in [-0.2, 0) is 0 Å². The molecule has 20 heavy (non-hydrogen) atoms. The molecular formula is C16H25N3O. The Bertz CT molecular complexity index is 424. The van der Waals surface area contributed by atoms with Crippen LogP contribution in [0.25, 0.3) is 0 Å². The molecule has 1 heterocycles. The van der Waals surface area contributed by atoms with Gasteiger partial charge in [0.2, 0.25) is 0 Å². The Morgan fingerprint density at radius 1 is 1.35 bits per heavy atom. The van der Waals surface area contributed by atoms with Gasteiger partial charge in [-0.3, -0.25) is 4.79 Å². The van der Waals surface area contributed by atoms with Crippen molar-refractivity contribution in [3.63, 3.8) is 0 Å². The highest BCUT2D eigenvalue weighted by Crippen LogP contribution is 2.24. The highest BCUT2D eigenvalue weighted by Gasteiger charge is 2.26. The summed E-state index contributed by atoms with van der Waals surface area (Å²) in [4.78, 5) is 18.9. The van der Waals surface area contributed by atoms with E-state index in [0.29, 0.717) is 11.6 Å². The zero-order valence-corrected chi connectivity index (χ0v) is 12.6. The summed E-state index contributed by atoms with van der Waals surface area (Å²) in [6, 6.07) is 4.20. The number of amides is 1. The SMILES string of the molecule is CCCNc1ccc(C(=O)N(CC)C2CCCC2)cn1. The predicted molar refractivity (Wildman–Crippen MR) is 82.0 cm³/mol. The summed E-state index contributed by atoms with van der Waals surface area (Å²) in [6.07, 6.45) is 7.52. The minimum absolute atomic E-state index is 0.119. The van der Waals surface area contributed by atoms with Crippen LogP contribution < -0.4 is 5.32 Å². The molecule has 0 unspecified atom stereocenters. The first kappa shape index (κ1) is 14.8. The van der Waals surface area contributed by atoms with Gasteiger partial charge in [0.1, 0.15) is 5.82 Å². The van der Waals surface area contributed by atoms with Crippen molar-refractivity contribution >= 4 is 11.7 Å². The third-order valence-electron chi connectivity index (χ3n) is 3.93. The van der Waals surface area contributed by atoms with Gasteiger partial charge in [-0.2, -0.15) is 0 Å². The first-order valence-electron chi connectivity index (χ1n) is 7.77. The third-order valence-corrected chi connectivity index (χ3v) is 3.93. The molecule has 1 aromatic heterocycles. The number of rotatable bonds is 6. The molecule has 0 bridgehead atoms. The first-order valence-corrected chi connectivity index (χ1v) is 7.77. The maximum atomic E-state index is 12.6. The zero-order valence-electron chi connectivity index (χ0n) is 12.6. The summed E-state index contributed by atoms with van der Waals surface area (Å²) >= 11 is 0. The van der Waals surface area contributed by atoms with Gasteiger partial charge in [0.15, 0.2) is 0 Å². The fourth-order valence-electron chi connectivity index (χ4n) is 2.83. The number of anilines is 1. The molecule has 0 saturated heterocycles. The van der Waals surface area contributed by atoms with Crippen LogP contribution in [0.15, 0.2) is 18.3 Å². The van der Waals surface area contributed by atoms with E-state index in [2.05, 4.69) is 24.1 Å². The van der Waals surface area contributed by atoms with E-state index in [1.54, 1.807) is 6.20 Å². The van der Waals surface area contributed by atoms with E-state index in [-0.39, 0.29) is 5.91 Å². The average Bonchev–Trinajstić information content (AvgIpc) is 3.00. The molecule has 4 heteroatoms. The van der Waals surface area contributed by atoms with Crippen molar-refractivity contribution in [3.8, 4) is 0 Å². The molecule has 1 aromatic rings. The Balaban J connectivity index is 2.03. The van der Waals surface area contributed by atoms with Crippen molar-refractivity contribution < 1.29 is 4.79 Å². The van der Waals surface area contributed by atoms with Crippen molar-refractivity contribution in [1.29, 1.82) is 0 Å². The Kier molecular flexibility index (Phi) is 5.39. The van der Waals surface area contributed by atoms with Crippen LogP contribution in [0.1, 0.15) is 56.3 Å². The van der Waals surface area contributed by atoms with Gasteiger partial charge in [-0.25, -0.2) is 4.98 Å². The summed E-state index contributed by atoms with van der Waals surface area (Å²) in [5.41, 5.74) is 0.695. The van der Waals surface area contributed by atoms with Crippen molar-refractivity contribution in [3.05, 3.63) is 23.9 Å². The average molecular weight is 275 g/mol. The second kappa shape index (κ2) is 7.27. The highest BCUT2D eigenvalue weighted by atomic mass is 16.2. The molecule has 0 aromatic carbocycles. The number of nitrogens with zero attached hydrogens (tertiary/aromatic N) is 2. The van der Waals surface area contributed by atoms with E-state index >= 15 is 0 Å². The smallest absolute Gasteiger partial charge is 0.255 e. The summed E-state index contributed by atoms with van der Waals surface area (Å²) in [7, 11) is 0. The van der Waals surface area contributed by atoms with Crippen LogP contribution in [0.2, 0.25) is 0 Å². The zero-order chi connectivity index (χ0) is 14.4. The maximum Gasteiger partial charge on any atom is 0.255 e. The number of hydrogen-bond acceptors (Lipinski definition) is 3. The van der Waals surface area contributed by atoms with E-state index in [4.69, 9.17) is 0 Å². The molecule has 0 spiro atoms. The predicted octanol–water partition coefficient (Wildman–Crippen LogP) is 3.31. The molecule has 1 saturated carbocycles. The van der Waals surface area contributed by atoms with Crippen LogP contribution in [0, 0.1) is 0 Å². The lowest BCUT2D eigenvalue weighted by molar-refractivity contribution is 0.0693. The summed E-state index contributed by atoms with van der Waals surface area (Å²) in [5.74, 6) is 0.959. The first-order chi connectivity index (χ1) is 9.76. The molecule has 4 nitrogen and oxygen atoms in total. The third kappa shape index (κ3) is 3.50. The van der Waals surface area contributed by atoms with E-state index < -0.39 is 0 Å². The lowest BCUT2D eigenvalue weighted by atomic mass is 10.1. The van der Waals surface area contributed by atoms with Gasteiger partial charge >= 0.3 is 0 Å². The van der Waals surface area contributed by atoms with Gasteiger partial charge in [0.25, 0.3) is 5.91 Å². The van der Waals surface area contributed by atoms with Crippen LogP contribution >= 0.6 is 0 Å². The maximum absolute atomic E-state index is 12.6. The molecule has 1 N–H and O–H groups in total. The fourth-order valence-corrected chi connectivity index (χ4v) is 2.83. The summed E-state index contributed by atoms with van der Waals surface area (Å²) in [6.45, 7) is 5.86. The monoisotopic (exact) mass is 275 g/mol. The molecule has 2 rings (SSSR count). The Labute approximate surface area is 121 Å². The standard InChI is InChI=1S/C16H25N3O/c1-3-11-17-15-10-9-13(12-18-15)16(20)19(4-2)14-7-5-6-8-14/h9-10,12,14H,3-8,11H2,1-2H3,(H,17,18). The number of carbonyl (C=O) groups excluding carboxylic acids is 1. The number of aromatic nitrogens is 1. The number of nitrogens with one attached hydrogen (secondary N) is 1. The summed E-state index contributed by atoms with van der Waals surface area (Å²) < 4.78 is 0. The van der Waals surface area contributed by atoms with E-state index in [1.165, 1.54) is 12.8 Å². The minimum atomic E-state index is 0.119. The van der Waals surface area contributed by atoms with E-state index in [9.17, 15) is 4.79 Å². The van der Waals surface area contributed by atoms with Crippen LogP contribution in [0.3, 0.4) is 0 Å². The molecule has 1 aliphatic carbocycles. The van der Waals surface area contributed by atoms with E-state index in [1.807, 2.05) is 17.0 Å². The second-order valence-electron chi connectivity index (χ2n) is 5.39. The molecule has 1 amide bonds. The highest BCUT2D eigenvalue weighted by molar-refractivity contribution is 5.94. The molecule has 0 radical (unpaired) electrons.